The molecule has 2 heterocycles. The van der Waals surface area contributed by atoms with E-state index in [1.165, 1.54) is 49.5 Å². The van der Waals surface area contributed by atoms with Gasteiger partial charge in [0.2, 0.25) is 0 Å². The highest BCUT2D eigenvalue weighted by atomic mass is 15.0. The molecule has 13 rings (SSSR count). The summed E-state index contributed by atoms with van der Waals surface area (Å²) in [5, 5.41) is 4.73. The molecule has 12 aromatic rings. The van der Waals surface area contributed by atoms with Gasteiger partial charge in [0.15, 0.2) is 17.5 Å². The van der Waals surface area contributed by atoms with Crippen molar-refractivity contribution in [2.75, 3.05) is 0 Å². The highest BCUT2D eigenvalue weighted by Crippen LogP contribution is 2.58. The summed E-state index contributed by atoms with van der Waals surface area (Å²) in [5.41, 5.74) is 15.0. The molecule has 0 unspecified atom stereocenters. The summed E-state index contributed by atoms with van der Waals surface area (Å²) in [7, 11) is 0. The molecule has 4 heteroatoms. The van der Waals surface area contributed by atoms with E-state index in [4.69, 9.17) is 15.0 Å². The molecule has 1 aliphatic rings. The van der Waals surface area contributed by atoms with Gasteiger partial charge >= 0.3 is 0 Å². The third-order valence-corrected chi connectivity index (χ3v) is 13.5. The van der Waals surface area contributed by atoms with Gasteiger partial charge in [0.1, 0.15) is 0 Å². The standard InChI is InChI=1S/C62H40N4/c1-5-20-42(21-6-1)51-39-52-49-29-15-17-31-55(49)62(46-25-9-3-10-26-46,47-27-11-4-12-28-47)56(52)40-54(51)61-64-59(43-22-7-2-8-23-43)63-60(65-61)45-34-36-58-53(38-45)50-30-16-18-32-57(50)66(58)48-35-33-41-19-13-14-24-44(41)37-48/h1-40H. The Morgan fingerprint density at radius 1 is 0.303 bits per heavy atom. The zero-order valence-corrected chi connectivity index (χ0v) is 35.9. The van der Waals surface area contributed by atoms with Gasteiger partial charge in [-0.15, -0.1) is 0 Å². The molecule has 1 aliphatic carbocycles. The third-order valence-electron chi connectivity index (χ3n) is 13.5. The zero-order valence-electron chi connectivity index (χ0n) is 35.9. The molecule has 308 valence electrons. The first-order chi connectivity index (χ1) is 32.7. The van der Waals surface area contributed by atoms with Crippen LogP contribution in [0.3, 0.4) is 0 Å². The first-order valence-corrected chi connectivity index (χ1v) is 22.5. The van der Waals surface area contributed by atoms with E-state index in [-0.39, 0.29) is 0 Å². The largest absolute Gasteiger partial charge is 0.309 e. The number of nitrogens with zero attached hydrogens (tertiary/aromatic N) is 4. The van der Waals surface area contributed by atoms with E-state index in [1.54, 1.807) is 0 Å². The number of hydrogen-bond donors (Lipinski definition) is 0. The summed E-state index contributed by atoms with van der Waals surface area (Å²) in [5.74, 6) is 1.85. The van der Waals surface area contributed by atoms with Crippen molar-refractivity contribution < 1.29 is 0 Å². The van der Waals surface area contributed by atoms with Crippen molar-refractivity contribution in [1.29, 1.82) is 0 Å². The molecule has 0 saturated heterocycles. The summed E-state index contributed by atoms with van der Waals surface area (Å²) < 4.78 is 2.37. The molecule has 4 nitrogen and oxygen atoms in total. The number of para-hydroxylation sites is 1. The van der Waals surface area contributed by atoms with Gasteiger partial charge in [-0.3, -0.25) is 0 Å². The van der Waals surface area contributed by atoms with Gasteiger partial charge in [-0.05, 0) is 104 Å². The molecular weight excluding hydrogens is 801 g/mol. The lowest BCUT2D eigenvalue weighted by molar-refractivity contribution is 0.768. The quantitative estimate of drug-likeness (QED) is 0.161. The van der Waals surface area contributed by atoms with Crippen molar-refractivity contribution in [3.63, 3.8) is 0 Å². The van der Waals surface area contributed by atoms with Crippen LogP contribution in [0.15, 0.2) is 243 Å². The minimum atomic E-state index is -0.596. The normalized spacial score (nSPS) is 12.7. The topological polar surface area (TPSA) is 43.6 Å². The Labute approximate surface area is 382 Å². The lowest BCUT2D eigenvalue weighted by Gasteiger charge is -2.34. The van der Waals surface area contributed by atoms with Crippen molar-refractivity contribution >= 4 is 32.6 Å². The second-order valence-electron chi connectivity index (χ2n) is 17.1. The molecular formula is C62H40N4. The van der Waals surface area contributed by atoms with Crippen molar-refractivity contribution in [3.05, 3.63) is 265 Å². The van der Waals surface area contributed by atoms with E-state index in [9.17, 15) is 0 Å². The Bertz CT molecular complexity index is 3760. The fourth-order valence-electron chi connectivity index (χ4n) is 10.6. The Hall–Kier alpha value is -8.73. The lowest BCUT2D eigenvalue weighted by atomic mass is 9.67. The summed E-state index contributed by atoms with van der Waals surface area (Å²) in [6, 6.07) is 87.1. The van der Waals surface area contributed by atoms with E-state index in [0.717, 1.165) is 49.9 Å². The van der Waals surface area contributed by atoms with Gasteiger partial charge in [-0.25, -0.2) is 15.0 Å². The van der Waals surface area contributed by atoms with Crippen molar-refractivity contribution in [2.24, 2.45) is 0 Å². The van der Waals surface area contributed by atoms with Gasteiger partial charge in [0, 0.05) is 33.2 Å². The number of benzene rings is 10. The second kappa shape index (κ2) is 15.2. The summed E-state index contributed by atoms with van der Waals surface area (Å²) >= 11 is 0. The molecule has 0 radical (unpaired) electrons. The maximum Gasteiger partial charge on any atom is 0.164 e. The zero-order chi connectivity index (χ0) is 43.6. The number of rotatable bonds is 7. The Balaban J connectivity index is 1.08. The van der Waals surface area contributed by atoms with Gasteiger partial charge in [0.05, 0.1) is 16.4 Å². The molecule has 0 atom stereocenters. The van der Waals surface area contributed by atoms with E-state index in [2.05, 4.69) is 229 Å². The summed E-state index contributed by atoms with van der Waals surface area (Å²) in [6.07, 6.45) is 0. The van der Waals surface area contributed by atoms with Crippen molar-refractivity contribution in [1.82, 2.24) is 19.5 Å². The van der Waals surface area contributed by atoms with Crippen molar-refractivity contribution in [2.45, 2.75) is 5.41 Å². The van der Waals surface area contributed by atoms with E-state index in [0.29, 0.717) is 17.5 Å². The van der Waals surface area contributed by atoms with Crippen molar-refractivity contribution in [3.8, 4) is 62.1 Å². The number of fused-ring (bicyclic) bond motifs is 7. The van der Waals surface area contributed by atoms with Gasteiger partial charge in [0.25, 0.3) is 0 Å². The van der Waals surface area contributed by atoms with Crippen LogP contribution >= 0.6 is 0 Å². The molecule has 66 heavy (non-hydrogen) atoms. The van der Waals surface area contributed by atoms with E-state index in [1.807, 2.05) is 18.2 Å². The molecule has 0 amide bonds. The summed E-state index contributed by atoms with van der Waals surface area (Å²) in [4.78, 5) is 16.2. The van der Waals surface area contributed by atoms with Crippen LogP contribution in [-0.4, -0.2) is 19.5 Å². The monoisotopic (exact) mass is 840 g/mol. The molecule has 0 fully saturated rings. The number of aromatic nitrogens is 4. The first-order valence-electron chi connectivity index (χ1n) is 22.5. The second-order valence-corrected chi connectivity index (χ2v) is 17.1. The molecule has 10 aromatic carbocycles. The van der Waals surface area contributed by atoms with Crippen LogP contribution in [0, 0.1) is 0 Å². The highest BCUT2D eigenvalue weighted by Gasteiger charge is 2.46. The third kappa shape index (κ3) is 5.89. The SMILES string of the molecule is c1ccc(-c2nc(-c3ccc4c(c3)c3ccccc3n4-c3ccc4ccccc4c3)nc(-c3cc4c(cc3-c3ccccc3)-c3ccccc3C4(c3ccccc3)c3ccccc3)n2)cc1. The minimum Gasteiger partial charge on any atom is -0.309 e. The Kier molecular flexibility index (Phi) is 8.72. The molecule has 0 bridgehead atoms. The maximum absolute atomic E-state index is 5.51. The minimum absolute atomic E-state index is 0.596. The average Bonchev–Trinajstić information content (AvgIpc) is 3.89. The van der Waals surface area contributed by atoms with Crippen LogP contribution in [0.25, 0.3) is 94.7 Å². The average molecular weight is 841 g/mol. The highest BCUT2D eigenvalue weighted by molar-refractivity contribution is 6.10. The molecule has 0 N–H and O–H groups in total. The fourth-order valence-corrected chi connectivity index (χ4v) is 10.6. The molecule has 2 aromatic heterocycles. The first kappa shape index (κ1) is 37.8. The van der Waals surface area contributed by atoms with Crippen LogP contribution in [-0.2, 0) is 5.41 Å². The molecule has 0 aliphatic heterocycles. The van der Waals surface area contributed by atoms with Crippen LogP contribution in [0.1, 0.15) is 22.3 Å². The van der Waals surface area contributed by atoms with E-state index >= 15 is 0 Å². The molecule has 0 spiro atoms. The fraction of sp³-hybridized carbons (Fsp3) is 0.0161. The van der Waals surface area contributed by atoms with Crippen LogP contribution in [0.5, 0.6) is 0 Å². The van der Waals surface area contributed by atoms with Gasteiger partial charge in [-0.1, -0.05) is 194 Å². The van der Waals surface area contributed by atoms with Crippen LogP contribution in [0.2, 0.25) is 0 Å². The predicted molar refractivity (Wildman–Crippen MR) is 271 cm³/mol. The number of hydrogen-bond acceptors (Lipinski definition) is 3. The lowest BCUT2D eigenvalue weighted by Crippen LogP contribution is -2.28. The predicted octanol–water partition coefficient (Wildman–Crippen LogP) is 15.2. The van der Waals surface area contributed by atoms with E-state index < -0.39 is 5.41 Å². The van der Waals surface area contributed by atoms with Gasteiger partial charge < -0.3 is 4.57 Å². The Morgan fingerprint density at radius 2 is 0.879 bits per heavy atom. The smallest absolute Gasteiger partial charge is 0.164 e. The Morgan fingerprint density at radius 3 is 1.62 bits per heavy atom. The van der Waals surface area contributed by atoms with Crippen LogP contribution in [0.4, 0.5) is 0 Å². The molecule has 0 saturated carbocycles. The van der Waals surface area contributed by atoms with Gasteiger partial charge in [-0.2, -0.15) is 0 Å². The summed E-state index contributed by atoms with van der Waals surface area (Å²) in [6.45, 7) is 0. The van der Waals surface area contributed by atoms with Crippen LogP contribution < -0.4 is 0 Å². The maximum atomic E-state index is 5.51.